The average molecular weight is 725 g/mol. The maximum atomic E-state index is 15.6. The highest BCUT2D eigenvalue weighted by Crippen LogP contribution is 2.37. The summed E-state index contributed by atoms with van der Waals surface area (Å²) in [6, 6.07) is 18.7. The third kappa shape index (κ3) is 7.55. The summed E-state index contributed by atoms with van der Waals surface area (Å²) in [6.45, 7) is 4.10. The molecule has 0 spiro atoms. The molecule has 6 aromatic rings. The summed E-state index contributed by atoms with van der Waals surface area (Å²) in [4.78, 5) is 32.8. The molecular formula is C38H35F3N8O4. The van der Waals surface area contributed by atoms with E-state index in [0.29, 0.717) is 42.1 Å². The number of aromatic nitrogens is 5. The molecule has 1 amide bonds. The number of anilines is 2. The van der Waals surface area contributed by atoms with E-state index in [9.17, 15) is 14.0 Å². The zero-order valence-electron chi connectivity index (χ0n) is 28.8. The van der Waals surface area contributed by atoms with Crippen LogP contribution in [-0.4, -0.2) is 74.3 Å². The van der Waals surface area contributed by atoms with Crippen molar-refractivity contribution in [1.29, 1.82) is 0 Å². The summed E-state index contributed by atoms with van der Waals surface area (Å²) in [5.41, 5.74) is 0.679. The number of fused-ring (bicyclic) bond motifs is 1. The van der Waals surface area contributed by atoms with Crippen LogP contribution >= 0.6 is 0 Å². The van der Waals surface area contributed by atoms with Crippen LogP contribution in [0.25, 0.3) is 16.7 Å². The molecule has 7 rings (SSSR count). The number of carbonyl (C=O) groups is 1. The molecule has 53 heavy (non-hydrogen) atoms. The van der Waals surface area contributed by atoms with Gasteiger partial charge in [0.25, 0.3) is 11.5 Å². The second-order valence-electron chi connectivity index (χ2n) is 12.5. The van der Waals surface area contributed by atoms with Crippen LogP contribution in [0.15, 0.2) is 96.1 Å². The highest BCUT2D eigenvalue weighted by atomic mass is 19.1. The predicted molar refractivity (Wildman–Crippen MR) is 193 cm³/mol. The zero-order valence-corrected chi connectivity index (χ0v) is 28.8. The summed E-state index contributed by atoms with van der Waals surface area (Å²) in [6.07, 6.45) is 2.19. The third-order valence-electron chi connectivity index (χ3n) is 9.05. The van der Waals surface area contributed by atoms with Crippen molar-refractivity contribution in [3.8, 4) is 22.9 Å². The second-order valence-corrected chi connectivity index (χ2v) is 12.5. The summed E-state index contributed by atoms with van der Waals surface area (Å²) in [5, 5.41) is 15.0. The van der Waals surface area contributed by atoms with Crippen molar-refractivity contribution in [2.24, 2.45) is 0 Å². The van der Waals surface area contributed by atoms with Gasteiger partial charge in [-0.3, -0.25) is 9.59 Å². The van der Waals surface area contributed by atoms with Crippen molar-refractivity contribution in [1.82, 2.24) is 29.4 Å². The van der Waals surface area contributed by atoms with E-state index >= 15 is 8.78 Å². The van der Waals surface area contributed by atoms with Gasteiger partial charge in [-0.2, -0.15) is 14.9 Å². The minimum Gasteiger partial charge on any atom is -0.497 e. The van der Waals surface area contributed by atoms with E-state index in [-0.39, 0.29) is 28.4 Å². The molecule has 3 aromatic carbocycles. The molecule has 0 aliphatic carbocycles. The Hall–Kier alpha value is -6.22. The molecule has 0 bridgehead atoms. The van der Waals surface area contributed by atoms with Crippen molar-refractivity contribution in [2.75, 3.05) is 37.4 Å². The molecule has 12 nitrogen and oxygen atoms in total. The van der Waals surface area contributed by atoms with Gasteiger partial charge in [0.1, 0.15) is 34.4 Å². The molecule has 0 unspecified atom stereocenters. The highest BCUT2D eigenvalue weighted by molar-refractivity contribution is 6.04. The molecule has 0 saturated carbocycles. The number of benzene rings is 3. The van der Waals surface area contributed by atoms with Gasteiger partial charge in [-0.1, -0.05) is 19.1 Å². The van der Waals surface area contributed by atoms with Crippen LogP contribution in [0.2, 0.25) is 0 Å². The van der Waals surface area contributed by atoms with Crippen molar-refractivity contribution in [3.63, 3.8) is 0 Å². The fourth-order valence-electron chi connectivity index (χ4n) is 6.19. The van der Waals surface area contributed by atoms with E-state index in [4.69, 9.17) is 14.6 Å². The number of hydrogen-bond donors (Lipinski definition) is 2. The van der Waals surface area contributed by atoms with Crippen LogP contribution in [0.1, 0.15) is 29.3 Å². The minimum absolute atomic E-state index is 0.0614. The SMILES string of the molecule is CCN1CC[C@H](Nc2nn(Cc3ccc(OC)cc3)c3nccc(Oc4ccc(NC(=O)c5ccnn(-c6ccc(F)cc6)c5=O)cc4F)c23)[C@H](F)C1. The van der Waals surface area contributed by atoms with Gasteiger partial charge in [-0.25, -0.2) is 22.8 Å². The number of alkyl halides is 1. The molecule has 0 radical (unpaired) electrons. The van der Waals surface area contributed by atoms with Crippen LogP contribution in [0.4, 0.5) is 24.7 Å². The Labute approximate surface area is 301 Å². The van der Waals surface area contributed by atoms with Gasteiger partial charge in [0.2, 0.25) is 0 Å². The minimum atomic E-state index is -1.15. The van der Waals surface area contributed by atoms with Crippen molar-refractivity contribution < 1.29 is 27.4 Å². The number of pyridine rings is 1. The number of hydrogen-bond acceptors (Lipinski definition) is 9. The van der Waals surface area contributed by atoms with E-state index in [1.54, 1.807) is 17.9 Å². The van der Waals surface area contributed by atoms with E-state index in [1.165, 1.54) is 54.9 Å². The average Bonchev–Trinajstić information content (AvgIpc) is 3.51. The summed E-state index contributed by atoms with van der Waals surface area (Å²) in [5.74, 6) is -0.969. The normalized spacial score (nSPS) is 16.0. The predicted octanol–water partition coefficient (Wildman–Crippen LogP) is 6.20. The van der Waals surface area contributed by atoms with Crippen LogP contribution in [0.3, 0.4) is 0 Å². The van der Waals surface area contributed by atoms with Gasteiger partial charge in [0, 0.05) is 43.3 Å². The lowest BCUT2D eigenvalue weighted by molar-refractivity contribution is 0.102. The molecular weight excluding hydrogens is 689 g/mol. The quantitative estimate of drug-likeness (QED) is 0.161. The number of piperidine rings is 1. The maximum Gasteiger partial charge on any atom is 0.284 e. The largest absolute Gasteiger partial charge is 0.497 e. The molecule has 1 fully saturated rings. The molecule has 2 atom stereocenters. The lowest BCUT2D eigenvalue weighted by Crippen LogP contribution is -2.47. The summed E-state index contributed by atoms with van der Waals surface area (Å²) < 4.78 is 58.4. The number of nitrogens with zero attached hydrogens (tertiary/aromatic N) is 6. The van der Waals surface area contributed by atoms with Gasteiger partial charge in [-0.05, 0) is 73.1 Å². The first-order chi connectivity index (χ1) is 25.7. The summed E-state index contributed by atoms with van der Waals surface area (Å²) >= 11 is 0. The Morgan fingerprint density at radius 1 is 0.981 bits per heavy atom. The molecule has 4 heterocycles. The van der Waals surface area contributed by atoms with Crippen molar-refractivity contribution in [3.05, 3.63) is 124 Å². The van der Waals surface area contributed by atoms with Gasteiger partial charge in [-0.15, -0.1) is 0 Å². The smallest absolute Gasteiger partial charge is 0.284 e. The number of methoxy groups -OCH3 is 1. The monoisotopic (exact) mass is 724 g/mol. The van der Waals surface area contributed by atoms with E-state index in [1.807, 2.05) is 31.2 Å². The van der Waals surface area contributed by atoms with Gasteiger partial charge in [0.05, 0.1) is 25.4 Å². The van der Waals surface area contributed by atoms with Gasteiger partial charge < -0.3 is 25.0 Å². The highest BCUT2D eigenvalue weighted by Gasteiger charge is 2.30. The fourth-order valence-corrected chi connectivity index (χ4v) is 6.19. The standard InChI is InChI=1S/C38H35F3N8O4/c1-3-47-19-16-31(30(41)22-47)45-35-34-33(15-17-42-36(34)48(46-35)21-23-4-11-27(52-2)12-5-23)53-32-13-8-25(20-29(32)40)44-37(50)28-14-18-43-49(38(28)51)26-9-6-24(39)7-10-26/h4-15,17-18,20,30-31H,3,16,19,21-22H2,1-2H3,(H,44,50)(H,45,46)/t30-,31+/m1/s1. The molecule has 3 aromatic heterocycles. The first kappa shape index (κ1) is 35.2. The summed E-state index contributed by atoms with van der Waals surface area (Å²) in [7, 11) is 1.59. The Balaban J connectivity index is 1.15. The third-order valence-corrected chi connectivity index (χ3v) is 9.05. The van der Waals surface area contributed by atoms with Gasteiger partial charge >= 0.3 is 0 Å². The van der Waals surface area contributed by atoms with Crippen molar-refractivity contribution >= 4 is 28.4 Å². The van der Waals surface area contributed by atoms with E-state index < -0.39 is 35.3 Å². The Morgan fingerprint density at radius 2 is 1.77 bits per heavy atom. The van der Waals surface area contributed by atoms with Crippen LogP contribution < -0.4 is 25.7 Å². The number of likely N-dealkylation sites (tertiary alicyclic amines) is 1. The lowest BCUT2D eigenvalue weighted by Gasteiger charge is -2.34. The maximum absolute atomic E-state index is 15.6. The van der Waals surface area contributed by atoms with Crippen LogP contribution in [0, 0.1) is 11.6 Å². The topological polar surface area (TPSA) is 128 Å². The Bertz CT molecular complexity index is 2310. The first-order valence-corrected chi connectivity index (χ1v) is 16.9. The number of ether oxygens (including phenoxy) is 2. The van der Waals surface area contributed by atoms with Crippen molar-refractivity contribution in [2.45, 2.75) is 32.1 Å². The van der Waals surface area contributed by atoms with Crippen LogP contribution in [-0.2, 0) is 6.54 Å². The second kappa shape index (κ2) is 15.2. The van der Waals surface area contributed by atoms with E-state index in [2.05, 4.69) is 25.6 Å². The molecule has 1 aliphatic heterocycles. The number of carbonyl (C=O) groups excluding carboxylic acids is 1. The lowest BCUT2D eigenvalue weighted by atomic mass is 10.0. The fraction of sp³-hybridized carbons (Fsp3) is 0.237. The molecule has 1 aliphatic rings. The Kier molecular flexibility index (Phi) is 10.1. The number of halogens is 3. The molecule has 1 saturated heterocycles. The van der Waals surface area contributed by atoms with Crippen LogP contribution in [0.5, 0.6) is 17.2 Å². The van der Waals surface area contributed by atoms with E-state index in [0.717, 1.165) is 29.4 Å². The number of rotatable bonds is 11. The zero-order chi connectivity index (χ0) is 37.1. The molecule has 2 N–H and O–H groups in total. The Morgan fingerprint density at radius 3 is 2.49 bits per heavy atom. The molecule has 15 heteroatoms. The number of nitrogens with one attached hydrogen (secondary N) is 2. The molecule has 272 valence electrons. The van der Waals surface area contributed by atoms with Gasteiger partial charge in [0.15, 0.2) is 23.0 Å². The first-order valence-electron chi connectivity index (χ1n) is 16.9. The number of amides is 1.